The van der Waals surface area contributed by atoms with Gasteiger partial charge >= 0.3 is 226 Å². The van der Waals surface area contributed by atoms with Crippen molar-refractivity contribution < 1.29 is 0 Å². The Morgan fingerprint density at radius 1 is 0.488 bits per heavy atom. The second-order valence-electron chi connectivity index (χ2n) is 12.2. The summed E-state index contributed by atoms with van der Waals surface area (Å²) in [5, 5.41) is 8.18. The average Bonchev–Trinajstić information content (AvgIpc) is 3.54. The van der Waals surface area contributed by atoms with Gasteiger partial charge in [0.15, 0.2) is 0 Å². The van der Waals surface area contributed by atoms with E-state index in [0.29, 0.717) is 14.5 Å². The van der Waals surface area contributed by atoms with Gasteiger partial charge in [0.2, 0.25) is 0 Å². The van der Waals surface area contributed by atoms with Gasteiger partial charge in [-0.3, -0.25) is 0 Å². The van der Waals surface area contributed by atoms with Crippen molar-refractivity contribution in [1.82, 2.24) is 0 Å². The molecule has 0 radical (unpaired) electrons. The van der Waals surface area contributed by atoms with Crippen molar-refractivity contribution in [2.45, 2.75) is 19.3 Å². The van der Waals surface area contributed by atoms with Crippen LogP contribution < -0.4 is 4.90 Å². The van der Waals surface area contributed by atoms with Crippen molar-refractivity contribution in [2.24, 2.45) is 0 Å². The summed E-state index contributed by atoms with van der Waals surface area (Å²) in [6, 6.07) is 51.9. The predicted octanol–water partition coefficient (Wildman–Crippen LogP) is 11.1. The third-order valence-corrected chi connectivity index (χ3v) is 12.0. The minimum absolute atomic E-state index is 0.00650. The number of nitrogens with zero attached hydrogens (tertiary/aromatic N) is 1. The normalized spacial score (nSPS) is 13.5. The molecule has 1 aliphatic carbocycles. The Morgan fingerprint density at radius 3 is 2.07 bits per heavy atom. The van der Waals surface area contributed by atoms with E-state index in [4.69, 9.17) is 0 Å². The van der Waals surface area contributed by atoms with Crippen LogP contribution in [0.25, 0.3) is 52.0 Å². The fraction of sp³-hybridized carbons (Fsp3) is 0.0732. The van der Waals surface area contributed by atoms with Crippen molar-refractivity contribution in [3.05, 3.63) is 151 Å². The van der Waals surface area contributed by atoms with E-state index in [9.17, 15) is 0 Å². The second-order valence-corrected chi connectivity index (χ2v) is 14.4. The van der Waals surface area contributed by atoms with Gasteiger partial charge in [0, 0.05) is 0 Å². The van der Waals surface area contributed by atoms with Crippen molar-refractivity contribution >= 4 is 72.4 Å². The van der Waals surface area contributed by atoms with Crippen LogP contribution in [0.4, 0.5) is 17.1 Å². The summed E-state index contributed by atoms with van der Waals surface area (Å²) in [5.41, 5.74) is 8.99. The Labute approximate surface area is 257 Å². The van der Waals surface area contributed by atoms with Gasteiger partial charge < -0.3 is 0 Å². The molecule has 8 aromatic rings. The molecule has 1 heterocycles. The zero-order valence-electron chi connectivity index (χ0n) is 24.1. The summed E-state index contributed by atoms with van der Waals surface area (Å²) in [7, 11) is 0. The van der Waals surface area contributed by atoms with Crippen LogP contribution in [-0.4, -0.2) is 14.5 Å². The molecule has 9 rings (SSSR count). The van der Waals surface area contributed by atoms with Crippen LogP contribution in [-0.2, 0) is 5.41 Å². The number of rotatable bonds is 3. The number of para-hydroxylation sites is 1. The molecule has 0 atom stereocenters. The molecule has 0 N–H and O–H groups in total. The molecular formula is C41H29NSe. The Morgan fingerprint density at radius 2 is 1.16 bits per heavy atom. The third kappa shape index (κ3) is 3.64. The molecule has 1 aromatic heterocycles. The maximum atomic E-state index is 2.41. The van der Waals surface area contributed by atoms with Gasteiger partial charge in [0.1, 0.15) is 0 Å². The SMILES string of the molecule is CC1(C)c2ccccc2-c2cc(N(c3ccccc3)c3ccc4c(ccc5ccc6c7ccccc7[se]c6c54)c3)ccc21. The van der Waals surface area contributed by atoms with Crippen LogP contribution in [0.1, 0.15) is 25.0 Å². The summed E-state index contributed by atoms with van der Waals surface area (Å²) in [6.45, 7) is 4.69. The number of hydrogen-bond acceptors (Lipinski definition) is 1. The summed E-state index contributed by atoms with van der Waals surface area (Å²) in [6.07, 6.45) is 0. The first kappa shape index (κ1) is 24.9. The van der Waals surface area contributed by atoms with Crippen LogP contribution >= 0.6 is 0 Å². The van der Waals surface area contributed by atoms with E-state index in [1.807, 2.05) is 0 Å². The van der Waals surface area contributed by atoms with E-state index in [-0.39, 0.29) is 5.41 Å². The Hall–Kier alpha value is -4.62. The van der Waals surface area contributed by atoms with E-state index in [1.165, 1.54) is 74.5 Å². The molecule has 0 spiro atoms. The molecule has 0 bridgehead atoms. The number of fused-ring (bicyclic) bond motifs is 10. The molecule has 0 unspecified atom stereocenters. The summed E-state index contributed by atoms with van der Waals surface area (Å²) in [4.78, 5) is 2.41. The molecular weight excluding hydrogens is 585 g/mol. The Bertz CT molecular complexity index is 2380. The summed E-state index contributed by atoms with van der Waals surface area (Å²) >= 11 is 0.308. The molecule has 0 amide bonds. The first-order valence-electron chi connectivity index (χ1n) is 14.9. The fourth-order valence-electron chi connectivity index (χ4n) is 7.33. The fourth-order valence-corrected chi connectivity index (χ4v) is 10.00. The van der Waals surface area contributed by atoms with Crippen molar-refractivity contribution in [3.8, 4) is 11.1 Å². The number of benzene rings is 7. The Kier molecular flexibility index (Phi) is 5.33. The third-order valence-electron chi connectivity index (χ3n) is 9.42. The van der Waals surface area contributed by atoms with Crippen LogP contribution in [0, 0.1) is 0 Å². The van der Waals surface area contributed by atoms with E-state index < -0.39 is 0 Å². The topological polar surface area (TPSA) is 3.24 Å². The quantitative estimate of drug-likeness (QED) is 0.141. The van der Waals surface area contributed by atoms with Crippen molar-refractivity contribution in [1.29, 1.82) is 0 Å². The van der Waals surface area contributed by atoms with E-state index in [2.05, 4.69) is 158 Å². The van der Waals surface area contributed by atoms with Crippen LogP contribution in [0.15, 0.2) is 140 Å². The molecule has 1 nitrogen and oxygen atoms in total. The van der Waals surface area contributed by atoms with E-state index >= 15 is 0 Å². The van der Waals surface area contributed by atoms with E-state index in [1.54, 1.807) is 0 Å². The Balaban J connectivity index is 1.26. The van der Waals surface area contributed by atoms with Gasteiger partial charge in [-0.25, -0.2) is 0 Å². The van der Waals surface area contributed by atoms with E-state index in [0.717, 1.165) is 5.69 Å². The van der Waals surface area contributed by atoms with Crippen molar-refractivity contribution in [2.75, 3.05) is 4.90 Å². The van der Waals surface area contributed by atoms with Gasteiger partial charge in [-0.05, 0) is 0 Å². The zero-order valence-corrected chi connectivity index (χ0v) is 25.8. The van der Waals surface area contributed by atoms with Gasteiger partial charge in [-0.1, -0.05) is 32.0 Å². The van der Waals surface area contributed by atoms with Crippen molar-refractivity contribution in [3.63, 3.8) is 0 Å². The predicted molar refractivity (Wildman–Crippen MR) is 186 cm³/mol. The monoisotopic (exact) mass is 615 g/mol. The number of hydrogen-bond donors (Lipinski definition) is 0. The zero-order chi connectivity index (χ0) is 28.7. The molecule has 0 aliphatic heterocycles. The van der Waals surface area contributed by atoms with Crippen LogP contribution in [0.5, 0.6) is 0 Å². The molecule has 1 aliphatic rings. The second kappa shape index (κ2) is 9.19. The van der Waals surface area contributed by atoms with Crippen LogP contribution in [0.2, 0.25) is 0 Å². The van der Waals surface area contributed by atoms with Gasteiger partial charge in [0.05, 0.1) is 0 Å². The molecule has 0 fully saturated rings. The molecule has 204 valence electrons. The van der Waals surface area contributed by atoms with Gasteiger partial charge in [-0.2, -0.15) is 0 Å². The standard InChI is InChI=1S/C41H29NSe/c1-41(2)36-14-8-6-12-32(36)35-25-30(20-23-37(35)41)42(28-10-4-3-5-11-28)29-19-22-31-27(24-29)17-16-26-18-21-34-33-13-7-9-15-38(33)43-40(34)39(26)31/h3-25H,1-2H3. The van der Waals surface area contributed by atoms with Gasteiger partial charge in [-0.15, -0.1) is 0 Å². The maximum absolute atomic E-state index is 2.41. The molecule has 0 saturated heterocycles. The first-order chi connectivity index (χ1) is 21.1. The molecule has 7 aromatic carbocycles. The molecule has 2 heteroatoms. The molecule has 43 heavy (non-hydrogen) atoms. The molecule has 0 saturated carbocycles. The summed E-state index contributed by atoms with van der Waals surface area (Å²) in [5.74, 6) is 0. The first-order valence-corrected chi connectivity index (χ1v) is 16.7. The number of anilines is 3. The van der Waals surface area contributed by atoms with Gasteiger partial charge in [0.25, 0.3) is 0 Å². The average molecular weight is 615 g/mol. The summed E-state index contributed by atoms with van der Waals surface area (Å²) < 4.78 is 3.01. The van der Waals surface area contributed by atoms with Crippen LogP contribution in [0.3, 0.4) is 0 Å². The minimum atomic E-state index is -0.00650.